The molecule has 1 unspecified atom stereocenters. The number of nitrogens with one attached hydrogen (secondary N) is 2. The number of methoxy groups -OCH3 is 1. The van der Waals surface area contributed by atoms with Gasteiger partial charge in [0.05, 0.1) is 12.7 Å². The number of esters is 1. The molecule has 1 fully saturated rings. The van der Waals surface area contributed by atoms with Crippen LogP contribution in [0.25, 0.3) is 0 Å². The van der Waals surface area contributed by atoms with Gasteiger partial charge in [-0.1, -0.05) is 19.1 Å². The predicted molar refractivity (Wildman–Crippen MR) is 82.4 cm³/mol. The number of rotatable bonds is 5. The first-order valence-electron chi connectivity index (χ1n) is 6.77. The molecule has 2 rings (SSSR count). The first kappa shape index (κ1) is 17.5. The fraction of sp³-hybridized carbons (Fsp3) is 0.467. The molecule has 1 atom stereocenters. The van der Waals surface area contributed by atoms with Crippen LogP contribution < -0.4 is 10.6 Å². The Hall–Kier alpha value is -1.59. The predicted octanol–water partition coefficient (Wildman–Crippen LogP) is 1.37. The van der Waals surface area contributed by atoms with Crippen molar-refractivity contribution in [3.8, 4) is 0 Å². The lowest BCUT2D eigenvalue weighted by molar-refractivity contribution is -0.126. The van der Waals surface area contributed by atoms with Crippen LogP contribution in [0, 0.1) is 11.8 Å². The highest BCUT2D eigenvalue weighted by Crippen LogP contribution is 2.16. The zero-order chi connectivity index (χ0) is 14.5. The van der Waals surface area contributed by atoms with Gasteiger partial charge in [-0.2, -0.15) is 0 Å². The summed E-state index contributed by atoms with van der Waals surface area (Å²) in [6, 6.07) is 7.09. The lowest BCUT2D eigenvalue weighted by atomic mass is 9.88. The zero-order valence-electron chi connectivity index (χ0n) is 12.2. The molecule has 0 bridgehead atoms. The van der Waals surface area contributed by atoms with Crippen LogP contribution in [-0.2, 0) is 16.1 Å². The molecule has 1 amide bonds. The number of amides is 1. The number of hydrogen-bond donors (Lipinski definition) is 2. The smallest absolute Gasteiger partial charge is 0.337 e. The molecule has 0 aliphatic carbocycles. The van der Waals surface area contributed by atoms with Gasteiger partial charge in [-0.05, 0) is 36.7 Å². The quantitative estimate of drug-likeness (QED) is 0.806. The van der Waals surface area contributed by atoms with Gasteiger partial charge >= 0.3 is 5.97 Å². The fourth-order valence-electron chi connectivity index (χ4n) is 2.15. The summed E-state index contributed by atoms with van der Waals surface area (Å²) in [5.74, 6) is 0.128. The molecule has 1 saturated heterocycles. The molecule has 0 aromatic heterocycles. The lowest BCUT2D eigenvalue weighted by Gasteiger charge is -2.31. The minimum absolute atomic E-state index is 0. The number of carbonyl (C=O) groups excluding carboxylic acids is 2. The number of hydrogen-bond acceptors (Lipinski definition) is 4. The van der Waals surface area contributed by atoms with Crippen molar-refractivity contribution < 1.29 is 14.3 Å². The van der Waals surface area contributed by atoms with Gasteiger partial charge in [-0.15, -0.1) is 12.4 Å². The summed E-state index contributed by atoms with van der Waals surface area (Å²) >= 11 is 0. The van der Waals surface area contributed by atoms with E-state index in [2.05, 4.69) is 15.4 Å². The third-order valence-corrected chi connectivity index (χ3v) is 3.75. The molecule has 6 heteroatoms. The summed E-state index contributed by atoms with van der Waals surface area (Å²) < 4.78 is 4.68. The third kappa shape index (κ3) is 4.44. The van der Waals surface area contributed by atoms with Crippen LogP contribution in [0.4, 0.5) is 0 Å². The fourth-order valence-corrected chi connectivity index (χ4v) is 2.15. The maximum absolute atomic E-state index is 12.0. The van der Waals surface area contributed by atoms with Crippen LogP contribution in [0.5, 0.6) is 0 Å². The van der Waals surface area contributed by atoms with E-state index >= 15 is 0 Å². The molecule has 0 spiro atoms. The Morgan fingerprint density at radius 1 is 1.43 bits per heavy atom. The highest BCUT2D eigenvalue weighted by atomic mass is 35.5. The number of ether oxygens (including phenoxy) is 1. The summed E-state index contributed by atoms with van der Waals surface area (Å²) in [5, 5.41) is 6.08. The van der Waals surface area contributed by atoms with Crippen molar-refractivity contribution in [2.24, 2.45) is 11.8 Å². The topological polar surface area (TPSA) is 67.4 Å². The molecule has 1 aromatic rings. The lowest BCUT2D eigenvalue weighted by Crippen LogP contribution is -2.49. The van der Waals surface area contributed by atoms with Gasteiger partial charge in [-0.3, -0.25) is 4.79 Å². The Morgan fingerprint density at radius 2 is 2.14 bits per heavy atom. The second-order valence-corrected chi connectivity index (χ2v) is 5.12. The Morgan fingerprint density at radius 3 is 2.71 bits per heavy atom. The van der Waals surface area contributed by atoms with Crippen LogP contribution in [0.1, 0.15) is 22.8 Å². The van der Waals surface area contributed by atoms with Gasteiger partial charge in [0, 0.05) is 12.5 Å². The molecule has 1 aliphatic heterocycles. The van der Waals surface area contributed by atoms with Gasteiger partial charge in [0.2, 0.25) is 5.91 Å². The molecule has 2 N–H and O–H groups in total. The first-order valence-corrected chi connectivity index (χ1v) is 6.77. The van der Waals surface area contributed by atoms with Gasteiger partial charge in [0.1, 0.15) is 0 Å². The van der Waals surface area contributed by atoms with Crippen molar-refractivity contribution in [2.45, 2.75) is 13.5 Å². The van der Waals surface area contributed by atoms with Crippen molar-refractivity contribution >= 4 is 24.3 Å². The molecular weight excluding hydrogens is 292 g/mol. The van der Waals surface area contributed by atoms with Crippen molar-refractivity contribution in [3.63, 3.8) is 0 Å². The minimum atomic E-state index is -0.368. The SMILES string of the molecule is COC(=O)c1cccc(CNC(=O)C(C)C2CNC2)c1.Cl. The summed E-state index contributed by atoms with van der Waals surface area (Å²) in [6.07, 6.45) is 0. The molecule has 21 heavy (non-hydrogen) atoms. The van der Waals surface area contributed by atoms with Gasteiger partial charge in [0.25, 0.3) is 0 Å². The Kier molecular flexibility index (Phi) is 6.65. The Balaban J connectivity index is 0.00000220. The van der Waals surface area contributed by atoms with E-state index < -0.39 is 0 Å². The summed E-state index contributed by atoms with van der Waals surface area (Å²) in [5.41, 5.74) is 1.38. The van der Waals surface area contributed by atoms with Crippen LogP contribution in [0.15, 0.2) is 24.3 Å². The van der Waals surface area contributed by atoms with E-state index in [-0.39, 0.29) is 30.2 Å². The molecule has 1 aromatic carbocycles. The highest BCUT2D eigenvalue weighted by molar-refractivity contribution is 5.89. The van der Waals surface area contributed by atoms with Crippen molar-refractivity contribution in [1.82, 2.24) is 10.6 Å². The van der Waals surface area contributed by atoms with E-state index in [4.69, 9.17) is 0 Å². The van der Waals surface area contributed by atoms with Crippen LogP contribution >= 0.6 is 12.4 Å². The second kappa shape index (κ2) is 8.00. The van der Waals surface area contributed by atoms with E-state index in [9.17, 15) is 9.59 Å². The van der Waals surface area contributed by atoms with E-state index in [0.717, 1.165) is 18.7 Å². The average Bonchev–Trinajstić information content (AvgIpc) is 2.42. The molecule has 0 radical (unpaired) electrons. The average molecular weight is 313 g/mol. The normalized spacial score (nSPS) is 15.3. The van der Waals surface area contributed by atoms with Crippen molar-refractivity contribution in [2.75, 3.05) is 20.2 Å². The molecule has 0 saturated carbocycles. The largest absolute Gasteiger partial charge is 0.465 e. The second-order valence-electron chi connectivity index (χ2n) is 5.12. The van der Waals surface area contributed by atoms with Gasteiger partial charge in [-0.25, -0.2) is 4.79 Å². The Labute approximate surface area is 130 Å². The van der Waals surface area contributed by atoms with Crippen LogP contribution in [0.3, 0.4) is 0 Å². The molecule has 116 valence electrons. The molecule has 5 nitrogen and oxygen atoms in total. The van der Waals surface area contributed by atoms with Crippen LogP contribution in [0.2, 0.25) is 0 Å². The maximum atomic E-state index is 12.0. The standard InChI is InChI=1S/C15H20N2O3.ClH/c1-10(13-8-16-9-13)14(18)17-7-11-4-3-5-12(6-11)15(19)20-2;/h3-6,10,13,16H,7-9H2,1-2H3,(H,17,18);1H. The number of benzene rings is 1. The van der Waals surface area contributed by atoms with Crippen molar-refractivity contribution in [3.05, 3.63) is 35.4 Å². The monoisotopic (exact) mass is 312 g/mol. The zero-order valence-corrected chi connectivity index (χ0v) is 13.0. The van der Waals surface area contributed by atoms with Crippen molar-refractivity contribution in [1.29, 1.82) is 0 Å². The van der Waals surface area contributed by atoms with Gasteiger partial charge in [0.15, 0.2) is 0 Å². The molecular formula is C15H21ClN2O3. The van der Waals surface area contributed by atoms with E-state index in [1.165, 1.54) is 7.11 Å². The van der Waals surface area contributed by atoms with Crippen LogP contribution in [-0.4, -0.2) is 32.1 Å². The third-order valence-electron chi connectivity index (χ3n) is 3.75. The van der Waals surface area contributed by atoms with E-state index in [1.54, 1.807) is 18.2 Å². The summed E-state index contributed by atoms with van der Waals surface area (Å²) in [6.45, 7) is 4.19. The summed E-state index contributed by atoms with van der Waals surface area (Å²) in [4.78, 5) is 23.4. The highest BCUT2D eigenvalue weighted by Gasteiger charge is 2.28. The molecule has 1 heterocycles. The summed E-state index contributed by atoms with van der Waals surface area (Å²) in [7, 11) is 1.35. The van der Waals surface area contributed by atoms with E-state index in [1.807, 2.05) is 13.0 Å². The number of carbonyl (C=O) groups is 2. The first-order chi connectivity index (χ1) is 9.61. The maximum Gasteiger partial charge on any atom is 0.337 e. The van der Waals surface area contributed by atoms with Gasteiger partial charge < -0.3 is 15.4 Å². The van der Waals surface area contributed by atoms with E-state index in [0.29, 0.717) is 18.0 Å². The molecule has 1 aliphatic rings. The number of halogens is 1. The minimum Gasteiger partial charge on any atom is -0.465 e. The Bertz CT molecular complexity index is 503.